The average molecular weight is 367 g/mol. The number of ether oxygens (including phenoxy) is 3. The maximum absolute atomic E-state index is 12.3. The number of aromatic nitrogens is 1. The molecule has 22 heavy (non-hydrogen) atoms. The number of halogens is 1. The van der Waals surface area contributed by atoms with Crippen molar-refractivity contribution in [3.63, 3.8) is 0 Å². The molecule has 1 aromatic carbocycles. The number of rotatable bonds is 5. The molecule has 6 nitrogen and oxygen atoms in total. The highest BCUT2D eigenvalue weighted by molar-refractivity contribution is 9.10. The predicted molar refractivity (Wildman–Crippen MR) is 86.0 cm³/mol. The van der Waals surface area contributed by atoms with E-state index in [0.29, 0.717) is 28.6 Å². The number of hydrogen-bond donors (Lipinski definition) is 1. The molecule has 0 unspecified atom stereocenters. The Morgan fingerprint density at radius 3 is 2.23 bits per heavy atom. The highest BCUT2D eigenvalue weighted by Crippen LogP contribution is 2.38. The molecule has 116 valence electrons. The lowest BCUT2D eigenvalue weighted by atomic mass is 10.1. The van der Waals surface area contributed by atoms with Crippen molar-refractivity contribution < 1.29 is 19.0 Å². The third kappa shape index (κ3) is 3.48. The lowest BCUT2D eigenvalue weighted by Gasteiger charge is -2.14. The molecule has 1 N–H and O–H groups in total. The van der Waals surface area contributed by atoms with Crippen LogP contribution >= 0.6 is 15.9 Å². The molecule has 1 aromatic heterocycles. The number of nitrogens with zero attached hydrogens (tertiary/aromatic N) is 1. The van der Waals surface area contributed by atoms with Gasteiger partial charge in [0.2, 0.25) is 5.75 Å². The minimum atomic E-state index is -0.329. The van der Waals surface area contributed by atoms with E-state index in [1.54, 1.807) is 30.5 Å². The molecular formula is C15H15BrN2O4. The number of carbonyl (C=O) groups excluding carboxylic acids is 1. The maximum Gasteiger partial charge on any atom is 0.257 e. The first-order chi connectivity index (χ1) is 10.6. The second-order valence-electron chi connectivity index (χ2n) is 4.23. The largest absolute Gasteiger partial charge is 0.493 e. The van der Waals surface area contributed by atoms with Crippen molar-refractivity contribution in [3.8, 4) is 17.2 Å². The van der Waals surface area contributed by atoms with Crippen LogP contribution in [0.15, 0.2) is 34.9 Å². The molecule has 0 saturated heterocycles. The van der Waals surface area contributed by atoms with Gasteiger partial charge in [0, 0.05) is 16.2 Å². The van der Waals surface area contributed by atoms with E-state index >= 15 is 0 Å². The molecule has 0 aliphatic heterocycles. The molecule has 0 spiro atoms. The quantitative estimate of drug-likeness (QED) is 0.880. The van der Waals surface area contributed by atoms with Gasteiger partial charge in [-0.15, -0.1) is 0 Å². The molecule has 1 heterocycles. The van der Waals surface area contributed by atoms with Gasteiger partial charge in [0.1, 0.15) is 5.82 Å². The summed E-state index contributed by atoms with van der Waals surface area (Å²) in [6.07, 6.45) is 1.59. The molecule has 0 aliphatic carbocycles. The van der Waals surface area contributed by atoms with Crippen LogP contribution in [0.2, 0.25) is 0 Å². The minimum Gasteiger partial charge on any atom is -0.493 e. The second kappa shape index (κ2) is 7.13. The Hall–Kier alpha value is -2.28. The van der Waals surface area contributed by atoms with Crippen molar-refractivity contribution in [1.82, 2.24) is 4.98 Å². The minimum absolute atomic E-state index is 0.329. The smallest absolute Gasteiger partial charge is 0.257 e. The van der Waals surface area contributed by atoms with Crippen molar-refractivity contribution >= 4 is 27.7 Å². The zero-order chi connectivity index (χ0) is 16.1. The Bertz CT molecular complexity index is 666. The van der Waals surface area contributed by atoms with Gasteiger partial charge in [-0.2, -0.15) is 0 Å². The second-order valence-corrected chi connectivity index (χ2v) is 5.14. The molecule has 0 bridgehead atoms. The zero-order valence-corrected chi connectivity index (χ0v) is 13.9. The summed E-state index contributed by atoms with van der Waals surface area (Å²) < 4.78 is 16.5. The third-order valence-corrected chi connectivity index (χ3v) is 3.38. The van der Waals surface area contributed by atoms with Gasteiger partial charge in [-0.05, 0) is 24.3 Å². The van der Waals surface area contributed by atoms with Crippen molar-refractivity contribution in [2.75, 3.05) is 26.6 Å². The highest BCUT2D eigenvalue weighted by atomic mass is 79.9. The number of methoxy groups -OCH3 is 3. The Morgan fingerprint density at radius 1 is 1.09 bits per heavy atom. The SMILES string of the molecule is COc1cc(C(=O)Nc2cc(Br)ccn2)cc(OC)c1OC. The number of pyridine rings is 1. The summed E-state index contributed by atoms with van der Waals surface area (Å²) in [5.74, 6) is 1.36. The van der Waals surface area contributed by atoms with Crippen LogP contribution < -0.4 is 19.5 Å². The van der Waals surface area contributed by atoms with Crippen LogP contribution in [0.3, 0.4) is 0 Å². The summed E-state index contributed by atoms with van der Waals surface area (Å²) in [5.41, 5.74) is 0.372. The molecular weight excluding hydrogens is 352 g/mol. The van der Waals surface area contributed by atoms with E-state index in [1.807, 2.05) is 0 Å². The van der Waals surface area contributed by atoms with E-state index in [0.717, 1.165) is 4.47 Å². The van der Waals surface area contributed by atoms with Gasteiger partial charge in [0.05, 0.1) is 21.3 Å². The van der Waals surface area contributed by atoms with Crippen LogP contribution in [0.25, 0.3) is 0 Å². The lowest BCUT2D eigenvalue weighted by molar-refractivity contribution is 0.102. The molecule has 0 atom stereocenters. The fraction of sp³-hybridized carbons (Fsp3) is 0.200. The Labute approximate surface area is 136 Å². The number of anilines is 1. The van der Waals surface area contributed by atoms with E-state index in [9.17, 15) is 4.79 Å². The fourth-order valence-corrected chi connectivity index (χ4v) is 2.21. The van der Waals surface area contributed by atoms with Crippen LogP contribution in [0.5, 0.6) is 17.2 Å². The van der Waals surface area contributed by atoms with Gasteiger partial charge >= 0.3 is 0 Å². The van der Waals surface area contributed by atoms with Crippen LogP contribution in [0, 0.1) is 0 Å². The molecule has 0 saturated carbocycles. The lowest BCUT2D eigenvalue weighted by Crippen LogP contribution is -2.13. The molecule has 0 radical (unpaired) electrons. The molecule has 0 aliphatic rings. The fourth-order valence-electron chi connectivity index (χ4n) is 1.87. The van der Waals surface area contributed by atoms with Gasteiger partial charge in [-0.1, -0.05) is 15.9 Å². The van der Waals surface area contributed by atoms with Gasteiger partial charge in [0.25, 0.3) is 5.91 Å². The van der Waals surface area contributed by atoms with Crippen molar-refractivity contribution in [2.45, 2.75) is 0 Å². The van der Waals surface area contributed by atoms with Crippen LogP contribution in [0.1, 0.15) is 10.4 Å². The summed E-state index contributed by atoms with van der Waals surface area (Å²) in [7, 11) is 4.50. The highest BCUT2D eigenvalue weighted by Gasteiger charge is 2.17. The van der Waals surface area contributed by atoms with Gasteiger partial charge < -0.3 is 19.5 Å². The van der Waals surface area contributed by atoms with Crippen molar-refractivity contribution in [3.05, 3.63) is 40.5 Å². The summed E-state index contributed by atoms with van der Waals surface area (Å²) in [6, 6.07) is 6.63. The van der Waals surface area contributed by atoms with E-state index in [2.05, 4.69) is 26.2 Å². The van der Waals surface area contributed by atoms with Crippen LogP contribution in [-0.4, -0.2) is 32.2 Å². The first kappa shape index (κ1) is 16.1. The Kier molecular flexibility index (Phi) is 5.21. The zero-order valence-electron chi connectivity index (χ0n) is 12.3. The number of amides is 1. The Morgan fingerprint density at radius 2 is 1.73 bits per heavy atom. The molecule has 7 heteroatoms. The molecule has 2 rings (SSSR count). The number of carbonyl (C=O) groups is 1. The van der Waals surface area contributed by atoms with Gasteiger partial charge in [-0.25, -0.2) is 4.98 Å². The summed E-state index contributed by atoms with van der Waals surface area (Å²) >= 11 is 3.32. The normalized spacial score (nSPS) is 10.0. The van der Waals surface area contributed by atoms with Gasteiger partial charge in [-0.3, -0.25) is 4.79 Å². The van der Waals surface area contributed by atoms with E-state index in [4.69, 9.17) is 14.2 Å². The number of nitrogens with one attached hydrogen (secondary N) is 1. The standard InChI is InChI=1S/C15H15BrN2O4/c1-20-11-6-9(7-12(21-2)14(11)22-3)15(19)18-13-8-10(16)4-5-17-13/h4-8H,1-3H3,(H,17,18,19). The first-order valence-electron chi connectivity index (χ1n) is 6.32. The summed E-state index contributed by atoms with van der Waals surface area (Å²) in [4.78, 5) is 16.4. The van der Waals surface area contributed by atoms with Crippen molar-refractivity contribution in [2.24, 2.45) is 0 Å². The maximum atomic E-state index is 12.3. The number of benzene rings is 1. The van der Waals surface area contributed by atoms with Gasteiger partial charge in [0.15, 0.2) is 11.5 Å². The van der Waals surface area contributed by atoms with E-state index in [-0.39, 0.29) is 5.91 Å². The van der Waals surface area contributed by atoms with E-state index in [1.165, 1.54) is 21.3 Å². The Balaban J connectivity index is 2.33. The molecule has 0 fully saturated rings. The van der Waals surface area contributed by atoms with Crippen LogP contribution in [0.4, 0.5) is 5.82 Å². The van der Waals surface area contributed by atoms with Crippen LogP contribution in [-0.2, 0) is 0 Å². The number of hydrogen-bond acceptors (Lipinski definition) is 5. The average Bonchev–Trinajstić information content (AvgIpc) is 2.53. The summed E-state index contributed by atoms with van der Waals surface area (Å²) in [5, 5.41) is 2.71. The molecule has 2 aromatic rings. The summed E-state index contributed by atoms with van der Waals surface area (Å²) in [6.45, 7) is 0. The predicted octanol–water partition coefficient (Wildman–Crippen LogP) is 3.12. The first-order valence-corrected chi connectivity index (χ1v) is 7.11. The van der Waals surface area contributed by atoms with E-state index < -0.39 is 0 Å². The third-order valence-electron chi connectivity index (χ3n) is 2.89. The monoisotopic (exact) mass is 366 g/mol. The van der Waals surface area contributed by atoms with Crippen molar-refractivity contribution in [1.29, 1.82) is 0 Å². The molecule has 1 amide bonds. The topological polar surface area (TPSA) is 69.7 Å².